The third-order valence-corrected chi connectivity index (χ3v) is 3.87. The first kappa shape index (κ1) is 16.9. The van der Waals surface area contributed by atoms with E-state index in [1.807, 2.05) is 38.1 Å². The van der Waals surface area contributed by atoms with Crippen LogP contribution in [0.2, 0.25) is 0 Å². The third kappa shape index (κ3) is 3.69. The van der Waals surface area contributed by atoms with Gasteiger partial charge in [-0.3, -0.25) is 0 Å². The van der Waals surface area contributed by atoms with Crippen molar-refractivity contribution in [3.63, 3.8) is 0 Å². The maximum Gasteiger partial charge on any atom is 0.319 e. The lowest BCUT2D eigenvalue weighted by Crippen LogP contribution is -2.34. The average Bonchev–Trinajstić information content (AvgIpc) is 3.30. The topological polar surface area (TPSA) is 98.5 Å². The molecule has 2 N–H and O–H groups in total. The van der Waals surface area contributed by atoms with Crippen LogP contribution in [0.5, 0.6) is 11.5 Å². The summed E-state index contributed by atoms with van der Waals surface area (Å²) in [6.07, 6.45) is 0. The van der Waals surface area contributed by atoms with Crippen molar-refractivity contribution in [3.8, 4) is 34.3 Å². The molecular formula is C19H18N4O4. The number of aromatic nitrogens is 2. The number of benzene rings is 2. The van der Waals surface area contributed by atoms with Gasteiger partial charge in [-0.25, -0.2) is 4.79 Å². The molecule has 8 heteroatoms. The number of nitrogens with one attached hydrogen (secondary N) is 2. The van der Waals surface area contributed by atoms with Gasteiger partial charge in [0.2, 0.25) is 12.6 Å². The number of carbonyl (C=O) groups excluding carboxylic acids is 1. The molecule has 8 nitrogen and oxygen atoms in total. The molecule has 0 atom stereocenters. The molecule has 27 heavy (non-hydrogen) atoms. The van der Waals surface area contributed by atoms with Crippen LogP contribution in [-0.2, 0) is 0 Å². The summed E-state index contributed by atoms with van der Waals surface area (Å²) in [7, 11) is 0. The van der Waals surface area contributed by atoms with Crippen molar-refractivity contribution < 1.29 is 18.8 Å². The zero-order chi connectivity index (χ0) is 18.8. The number of rotatable bonds is 4. The third-order valence-electron chi connectivity index (χ3n) is 3.87. The number of ether oxygens (including phenoxy) is 2. The SMILES string of the molecule is CC(C)NC(=O)Nc1ccc(-c2noc(-c3ccc4c(c3)OCO4)n2)cc1. The maximum absolute atomic E-state index is 11.7. The molecule has 138 valence electrons. The fourth-order valence-electron chi connectivity index (χ4n) is 2.62. The van der Waals surface area contributed by atoms with E-state index >= 15 is 0 Å². The first-order valence-corrected chi connectivity index (χ1v) is 8.50. The first-order chi connectivity index (χ1) is 13.1. The molecule has 3 aromatic rings. The number of nitrogens with zero attached hydrogens (tertiary/aromatic N) is 2. The van der Waals surface area contributed by atoms with E-state index in [-0.39, 0.29) is 18.9 Å². The van der Waals surface area contributed by atoms with Gasteiger partial charge in [-0.1, -0.05) is 5.16 Å². The zero-order valence-corrected chi connectivity index (χ0v) is 14.9. The van der Waals surface area contributed by atoms with Crippen molar-refractivity contribution in [2.24, 2.45) is 0 Å². The Morgan fingerprint density at radius 2 is 1.78 bits per heavy atom. The summed E-state index contributed by atoms with van der Waals surface area (Å²) in [5.41, 5.74) is 2.21. The van der Waals surface area contributed by atoms with Gasteiger partial charge in [-0.05, 0) is 56.3 Å². The van der Waals surface area contributed by atoms with Crippen molar-refractivity contribution in [2.75, 3.05) is 12.1 Å². The molecule has 1 aliphatic heterocycles. The minimum absolute atomic E-state index is 0.0678. The number of amides is 2. The van der Waals surface area contributed by atoms with Crippen molar-refractivity contribution in [2.45, 2.75) is 19.9 Å². The van der Waals surface area contributed by atoms with E-state index in [4.69, 9.17) is 14.0 Å². The Morgan fingerprint density at radius 1 is 1.04 bits per heavy atom. The molecule has 4 rings (SSSR count). The van der Waals surface area contributed by atoms with Gasteiger partial charge in [0.1, 0.15) is 0 Å². The molecular weight excluding hydrogens is 348 g/mol. The van der Waals surface area contributed by atoms with E-state index in [2.05, 4.69) is 20.8 Å². The Balaban J connectivity index is 1.49. The Labute approximate surface area is 155 Å². The molecule has 0 radical (unpaired) electrons. The highest BCUT2D eigenvalue weighted by atomic mass is 16.7. The first-order valence-electron chi connectivity index (χ1n) is 8.50. The molecule has 0 bridgehead atoms. The van der Waals surface area contributed by atoms with Crippen LogP contribution in [0.1, 0.15) is 13.8 Å². The average molecular weight is 366 g/mol. The summed E-state index contributed by atoms with van der Waals surface area (Å²) in [5.74, 6) is 2.20. The van der Waals surface area contributed by atoms with Crippen LogP contribution >= 0.6 is 0 Å². The summed E-state index contributed by atoms with van der Waals surface area (Å²) in [6.45, 7) is 4.01. The Bertz CT molecular complexity index is 966. The maximum atomic E-state index is 11.7. The molecule has 2 amide bonds. The predicted octanol–water partition coefficient (Wildman–Crippen LogP) is 3.66. The van der Waals surface area contributed by atoms with Crippen LogP contribution in [0.3, 0.4) is 0 Å². The second kappa shape index (κ2) is 6.99. The largest absolute Gasteiger partial charge is 0.454 e. The highest BCUT2D eigenvalue weighted by molar-refractivity contribution is 5.89. The number of carbonyl (C=O) groups is 1. The van der Waals surface area contributed by atoms with E-state index in [0.29, 0.717) is 28.9 Å². The summed E-state index contributed by atoms with van der Waals surface area (Å²) in [6, 6.07) is 12.5. The predicted molar refractivity (Wildman–Crippen MR) is 98.6 cm³/mol. The lowest BCUT2D eigenvalue weighted by molar-refractivity contribution is 0.174. The second-order valence-electron chi connectivity index (χ2n) is 6.32. The minimum Gasteiger partial charge on any atom is -0.454 e. The lowest BCUT2D eigenvalue weighted by atomic mass is 10.2. The van der Waals surface area contributed by atoms with E-state index in [1.54, 1.807) is 18.2 Å². The monoisotopic (exact) mass is 366 g/mol. The molecule has 0 fully saturated rings. The van der Waals surface area contributed by atoms with Crippen LogP contribution in [0, 0.1) is 0 Å². The Kier molecular flexibility index (Phi) is 4.37. The number of anilines is 1. The molecule has 0 saturated carbocycles. The molecule has 1 aliphatic rings. The van der Waals surface area contributed by atoms with E-state index in [0.717, 1.165) is 11.1 Å². The molecule has 2 aromatic carbocycles. The molecule has 0 spiro atoms. The molecule has 0 saturated heterocycles. The lowest BCUT2D eigenvalue weighted by Gasteiger charge is -2.10. The van der Waals surface area contributed by atoms with Crippen LogP contribution in [0.25, 0.3) is 22.8 Å². The molecule has 2 heterocycles. The molecule has 0 aliphatic carbocycles. The summed E-state index contributed by atoms with van der Waals surface area (Å²) >= 11 is 0. The molecule has 1 aromatic heterocycles. The van der Waals surface area contributed by atoms with Crippen LogP contribution in [0.4, 0.5) is 10.5 Å². The summed E-state index contributed by atoms with van der Waals surface area (Å²) in [4.78, 5) is 16.2. The summed E-state index contributed by atoms with van der Waals surface area (Å²) < 4.78 is 16.0. The highest BCUT2D eigenvalue weighted by Crippen LogP contribution is 2.35. The van der Waals surface area contributed by atoms with E-state index in [1.165, 1.54) is 0 Å². The number of fused-ring (bicyclic) bond motifs is 1. The zero-order valence-electron chi connectivity index (χ0n) is 14.9. The molecule has 0 unspecified atom stereocenters. The minimum atomic E-state index is -0.248. The van der Waals surface area contributed by atoms with Gasteiger partial charge in [-0.2, -0.15) is 4.98 Å². The van der Waals surface area contributed by atoms with Crippen LogP contribution in [-0.4, -0.2) is 29.0 Å². The van der Waals surface area contributed by atoms with Crippen LogP contribution < -0.4 is 20.1 Å². The quantitative estimate of drug-likeness (QED) is 0.731. The van der Waals surface area contributed by atoms with E-state index < -0.39 is 0 Å². The van der Waals surface area contributed by atoms with Crippen LogP contribution in [0.15, 0.2) is 47.0 Å². The van der Waals surface area contributed by atoms with Gasteiger partial charge in [-0.15, -0.1) is 0 Å². The summed E-state index contributed by atoms with van der Waals surface area (Å²) in [5, 5.41) is 9.56. The van der Waals surface area contributed by atoms with Crippen molar-refractivity contribution in [1.29, 1.82) is 0 Å². The number of hydrogen-bond donors (Lipinski definition) is 2. The highest BCUT2D eigenvalue weighted by Gasteiger charge is 2.17. The van der Waals surface area contributed by atoms with Gasteiger partial charge in [0, 0.05) is 22.9 Å². The normalized spacial score (nSPS) is 12.3. The van der Waals surface area contributed by atoms with Gasteiger partial charge in [0.25, 0.3) is 5.89 Å². The van der Waals surface area contributed by atoms with Crippen molar-refractivity contribution in [1.82, 2.24) is 15.5 Å². The van der Waals surface area contributed by atoms with Gasteiger partial charge in [0.05, 0.1) is 0 Å². The van der Waals surface area contributed by atoms with Gasteiger partial charge in [0.15, 0.2) is 11.5 Å². The number of hydrogen-bond acceptors (Lipinski definition) is 6. The second-order valence-corrected chi connectivity index (χ2v) is 6.32. The Hall–Kier alpha value is -3.55. The number of urea groups is 1. The fourth-order valence-corrected chi connectivity index (χ4v) is 2.62. The van der Waals surface area contributed by atoms with Crippen molar-refractivity contribution >= 4 is 11.7 Å². The smallest absolute Gasteiger partial charge is 0.319 e. The Morgan fingerprint density at radius 3 is 2.56 bits per heavy atom. The standard InChI is InChI=1S/C19H18N4O4/c1-11(2)20-19(24)21-14-6-3-12(4-7-14)17-22-18(27-23-17)13-5-8-15-16(9-13)26-10-25-15/h3-9,11H,10H2,1-2H3,(H2,20,21,24). The van der Waals surface area contributed by atoms with E-state index in [9.17, 15) is 4.79 Å². The van der Waals surface area contributed by atoms with Crippen molar-refractivity contribution in [3.05, 3.63) is 42.5 Å². The van der Waals surface area contributed by atoms with Gasteiger partial charge >= 0.3 is 6.03 Å². The van der Waals surface area contributed by atoms with Gasteiger partial charge < -0.3 is 24.6 Å². The fraction of sp³-hybridized carbons (Fsp3) is 0.211.